The van der Waals surface area contributed by atoms with Crippen LogP contribution in [0.15, 0.2) is 18.2 Å². The Balaban J connectivity index is 2.90. The van der Waals surface area contributed by atoms with E-state index in [4.69, 9.17) is 5.11 Å². The van der Waals surface area contributed by atoms with Gasteiger partial charge in [-0.2, -0.15) is 0 Å². The fourth-order valence-electron chi connectivity index (χ4n) is 1.73. The van der Waals surface area contributed by atoms with E-state index in [-0.39, 0.29) is 17.8 Å². The summed E-state index contributed by atoms with van der Waals surface area (Å²) in [6.45, 7) is 4.86. The van der Waals surface area contributed by atoms with Gasteiger partial charge < -0.3 is 10.4 Å². The molecule has 21 heavy (non-hydrogen) atoms. The molecule has 0 aliphatic heterocycles. The highest BCUT2D eigenvalue weighted by Crippen LogP contribution is 2.21. The number of nitrogens with one attached hydrogen (secondary N) is 1. The second-order valence-electron chi connectivity index (χ2n) is 5.22. The van der Waals surface area contributed by atoms with Gasteiger partial charge >= 0.3 is 5.97 Å². The van der Waals surface area contributed by atoms with Gasteiger partial charge in [0.05, 0.1) is 10.3 Å². The number of nitro groups is 1. The maximum atomic E-state index is 12.0. The van der Waals surface area contributed by atoms with Crippen molar-refractivity contribution in [2.24, 2.45) is 5.41 Å². The van der Waals surface area contributed by atoms with Gasteiger partial charge in [0, 0.05) is 24.2 Å². The lowest BCUT2D eigenvalue weighted by molar-refractivity contribution is -0.384. The average Bonchev–Trinajstić information content (AvgIpc) is 2.43. The molecule has 0 heterocycles. The Hall–Kier alpha value is -2.44. The van der Waals surface area contributed by atoms with Crippen LogP contribution in [0.1, 0.15) is 36.2 Å². The lowest BCUT2D eigenvalue weighted by Gasteiger charge is -2.23. The van der Waals surface area contributed by atoms with Crippen molar-refractivity contribution in [3.63, 3.8) is 0 Å². The number of non-ortho nitro benzene ring substituents is 1. The Labute approximate surface area is 122 Å². The first-order chi connectivity index (χ1) is 9.69. The number of amides is 1. The molecule has 0 saturated heterocycles. The van der Waals surface area contributed by atoms with Crippen molar-refractivity contribution in [2.75, 3.05) is 6.54 Å². The maximum absolute atomic E-state index is 12.0. The van der Waals surface area contributed by atoms with Crippen molar-refractivity contribution < 1.29 is 19.6 Å². The molecule has 1 amide bonds. The highest BCUT2D eigenvalue weighted by Gasteiger charge is 2.31. The minimum Gasteiger partial charge on any atom is -0.481 e. The number of hydrogen-bond donors (Lipinski definition) is 2. The maximum Gasteiger partial charge on any atom is 0.311 e. The van der Waals surface area contributed by atoms with Crippen LogP contribution in [0.4, 0.5) is 5.69 Å². The monoisotopic (exact) mass is 294 g/mol. The number of hydrogen-bond acceptors (Lipinski definition) is 4. The topological polar surface area (TPSA) is 110 Å². The molecule has 1 aromatic rings. The molecule has 1 unspecified atom stereocenters. The van der Waals surface area contributed by atoms with E-state index in [0.717, 1.165) is 0 Å². The molecule has 0 spiro atoms. The number of carbonyl (C=O) groups is 2. The van der Waals surface area contributed by atoms with Crippen molar-refractivity contribution in [1.29, 1.82) is 0 Å². The van der Waals surface area contributed by atoms with Crippen LogP contribution in [0, 0.1) is 22.5 Å². The number of benzene rings is 1. The number of nitro benzene ring substituents is 1. The summed E-state index contributed by atoms with van der Waals surface area (Å²) >= 11 is 0. The molecule has 0 aromatic heterocycles. The van der Waals surface area contributed by atoms with Gasteiger partial charge in [0.15, 0.2) is 0 Å². The zero-order valence-corrected chi connectivity index (χ0v) is 12.2. The number of carboxylic acids is 1. The summed E-state index contributed by atoms with van der Waals surface area (Å²) in [5.41, 5.74) is -0.501. The molecule has 1 aromatic carbocycles. The van der Waals surface area contributed by atoms with Crippen LogP contribution in [-0.2, 0) is 4.79 Å². The van der Waals surface area contributed by atoms with Gasteiger partial charge in [-0.3, -0.25) is 19.7 Å². The molecule has 0 aliphatic carbocycles. The van der Waals surface area contributed by atoms with E-state index in [9.17, 15) is 19.7 Å². The summed E-state index contributed by atoms with van der Waals surface area (Å²) in [6, 6.07) is 4.06. The van der Waals surface area contributed by atoms with E-state index in [1.165, 1.54) is 25.1 Å². The molecule has 114 valence electrons. The fourth-order valence-corrected chi connectivity index (χ4v) is 1.73. The predicted octanol–water partition coefficient (Wildman–Crippen LogP) is 2.13. The third kappa shape index (κ3) is 4.01. The van der Waals surface area contributed by atoms with Crippen LogP contribution in [-0.4, -0.2) is 28.5 Å². The van der Waals surface area contributed by atoms with Crippen LogP contribution >= 0.6 is 0 Å². The normalized spacial score (nSPS) is 13.3. The van der Waals surface area contributed by atoms with E-state index in [1.54, 1.807) is 13.8 Å². The SMILES string of the molecule is CCC(C)(CNC(=O)c1cc(C)cc([N+](=O)[O-])c1)C(=O)O. The molecule has 0 radical (unpaired) electrons. The van der Waals surface area contributed by atoms with Gasteiger partial charge in [-0.1, -0.05) is 6.92 Å². The predicted molar refractivity (Wildman–Crippen MR) is 76.2 cm³/mol. The van der Waals surface area contributed by atoms with Crippen LogP contribution in [0.3, 0.4) is 0 Å². The van der Waals surface area contributed by atoms with E-state index < -0.39 is 22.2 Å². The van der Waals surface area contributed by atoms with Crippen LogP contribution < -0.4 is 5.32 Å². The summed E-state index contributed by atoms with van der Waals surface area (Å²) in [5.74, 6) is -1.52. The first-order valence-electron chi connectivity index (χ1n) is 6.47. The quantitative estimate of drug-likeness (QED) is 0.617. The Kier molecular flexibility index (Phi) is 5.02. The summed E-state index contributed by atoms with van der Waals surface area (Å²) in [7, 11) is 0. The molecule has 0 bridgehead atoms. The summed E-state index contributed by atoms with van der Waals surface area (Å²) in [6.07, 6.45) is 0.358. The summed E-state index contributed by atoms with van der Waals surface area (Å²) in [5, 5.41) is 22.4. The summed E-state index contributed by atoms with van der Waals surface area (Å²) < 4.78 is 0. The smallest absolute Gasteiger partial charge is 0.311 e. The molecule has 1 rings (SSSR count). The number of carboxylic acid groups (broad SMARTS) is 1. The molecular weight excluding hydrogens is 276 g/mol. The molecular formula is C14H18N2O5. The number of carbonyl (C=O) groups excluding carboxylic acids is 1. The Morgan fingerprint density at radius 2 is 2.00 bits per heavy atom. The van der Waals surface area contributed by atoms with E-state index in [2.05, 4.69) is 5.32 Å². The largest absolute Gasteiger partial charge is 0.481 e. The van der Waals surface area contributed by atoms with E-state index in [0.29, 0.717) is 12.0 Å². The second kappa shape index (κ2) is 6.34. The molecule has 0 saturated carbocycles. The zero-order chi connectivity index (χ0) is 16.2. The third-order valence-corrected chi connectivity index (χ3v) is 3.47. The van der Waals surface area contributed by atoms with Crippen molar-refractivity contribution in [1.82, 2.24) is 5.32 Å². The Morgan fingerprint density at radius 1 is 1.38 bits per heavy atom. The zero-order valence-electron chi connectivity index (χ0n) is 12.2. The summed E-state index contributed by atoms with van der Waals surface area (Å²) in [4.78, 5) is 33.4. The van der Waals surface area contributed by atoms with Gasteiger partial charge in [0.1, 0.15) is 0 Å². The first-order valence-corrected chi connectivity index (χ1v) is 6.47. The average molecular weight is 294 g/mol. The van der Waals surface area contributed by atoms with E-state index in [1.807, 2.05) is 0 Å². The minimum absolute atomic E-state index is 0.0423. The Morgan fingerprint density at radius 3 is 2.48 bits per heavy atom. The van der Waals surface area contributed by atoms with Gasteiger partial charge in [0.25, 0.3) is 11.6 Å². The van der Waals surface area contributed by atoms with Gasteiger partial charge in [-0.25, -0.2) is 0 Å². The first kappa shape index (κ1) is 16.6. The lowest BCUT2D eigenvalue weighted by Crippen LogP contribution is -2.40. The van der Waals surface area contributed by atoms with Gasteiger partial charge in [0.2, 0.25) is 0 Å². The highest BCUT2D eigenvalue weighted by atomic mass is 16.6. The molecule has 0 fully saturated rings. The van der Waals surface area contributed by atoms with Crippen molar-refractivity contribution in [3.05, 3.63) is 39.4 Å². The van der Waals surface area contributed by atoms with Crippen LogP contribution in [0.25, 0.3) is 0 Å². The van der Waals surface area contributed by atoms with Crippen LogP contribution in [0.2, 0.25) is 0 Å². The fraction of sp³-hybridized carbons (Fsp3) is 0.429. The molecule has 1 atom stereocenters. The number of nitrogens with zero attached hydrogens (tertiary/aromatic N) is 1. The number of aryl methyl sites for hydroxylation is 1. The third-order valence-electron chi connectivity index (χ3n) is 3.47. The van der Waals surface area contributed by atoms with Crippen molar-refractivity contribution >= 4 is 17.6 Å². The van der Waals surface area contributed by atoms with Gasteiger partial charge in [-0.15, -0.1) is 0 Å². The minimum atomic E-state index is -1.06. The second-order valence-corrected chi connectivity index (χ2v) is 5.22. The van der Waals surface area contributed by atoms with Crippen molar-refractivity contribution in [2.45, 2.75) is 27.2 Å². The van der Waals surface area contributed by atoms with E-state index >= 15 is 0 Å². The highest BCUT2D eigenvalue weighted by molar-refractivity contribution is 5.95. The number of aliphatic carboxylic acids is 1. The Bertz CT molecular complexity index is 585. The lowest BCUT2D eigenvalue weighted by atomic mass is 9.87. The van der Waals surface area contributed by atoms with Gasteiger partial charge in [-0.05, 0) is 31.9 Å². The van der Waals surface area contributed by atoms with Crippen molar-refractivity contribution in [3.8, 4) is 0 Å². The molecule has 2 N–H and O–H groups in total. The standard InChI is InChI=1S/C14H18N2O5/c1-4-14(3,13(18)19)8-15-12(17)10-5-9(2)6-11(7-10)16(20)21/h5-7H,4,8H2,1-3H3,(H,15,17)(H,18,19). The molecule has 7 nitrogen and oxygen atoms in total. The molecule has 7 heteroatoms. The number of rotatable bonds is 6. The van der Waals surface area contributed by atoms with Crippen LogP contribution in [0.5, 0.6) is 0 Å². The molecule has 0 aliphatic rings.